The Kier molecular flexibility index (Phi) is 7.42. The van der Waals surface area contributed by atoms with Crippen LogP contribution in [0.4, 0.5) is 0 Å². The van der Waals surface area contributed by atoms with Gasteiger partial charge in [0.15, 0.2) is 0 Å². The van der Waals surface area contributed by atoms with Gasteiger partial charge in [0, 0.05) is 18.1 Å². The molecule has 0 bridgehead atoms. The zero-order valence-electron chi connectivity index (χ0n) is 17.4. The van der Waals surface area contributed by atoms with Crippen LogP contribution in [0.2, 0.25) is 0 Å². The second-order valence-corrected chi connectivity index (χ2v) is 7.97. The van der Waals surface area contributed by atoms with Gasteiger partial charge in [-0.3, -0.25) is 5.32 Å². The minimum Gasteiger partial charge on any atom is -0.496 e. The van der Waals surface area contributed by atoms with Gasteiger partial charge in [0.25, 0.3) is 0 Å². The summed E-state index contributed by atoms with van der Waals surface area (Å²) in [5.74, 6) is 1.28. The zero-order valence-corrected chi connectivity index (χ0v) is 17.4. The van der Waals surface area contributed by atoms with Gasteiger partial charge < -0.3 is 14.6 Å². The molecule has 1 unspecified atom stereocenters. The summed E-state index contributed by atoms with van der Waals surface area (Å²) in [5, 5.41) is 13.9. The standard InChI is InChI=1S/C23H33NO3/c1-16(2)14-24-22(25)23(3,4)19-10-11-20(21(13-19)27-6)18-9-7-8-17(12-18)15-26-5/h7-13,16,22,24-25H,14-15H2,1-6H3. The van der Waals surface area contributed by atoms with E-state index in [1.165, 1.54) is 0 Å². The predicted molar refractivity (Wildman–Crippen MR) is 111 cm³/mol. The molecule has 2 N–H and O–H groups in total. The normalized spacial score (nSPS) is 13.0. The maximum absolute atomic E-state index is 10.7. The van der Waals surface area contributed by atoms with Crippen molar-refractivity contribution >= 4 is 0 Å². The molecule has 0 aromatic heterocycles. The van der Waals surface area contributed by atoms with Gasteiger partial charge >= 0.3 is 0 Å². The predicted octanol–water partition coefficient (Wildman–Crippen LogP) is 4.35. The fourth-order valence-electron chi connectivity index (χ4n) is 3.09. The molecule has 2 aromatic carbocycles. The Morgan fingerprint density at radius 2 is 1.81 bits per heavy atom. The Hall–Kier alpha value is -1.88. The average molecular weight is 372 g/mol. The van der Waals surface area contributed by atoms with Crippen LogP contribution in [0.25, 0.3) is 11.1 Å². The van der Waals surface area contributed by atoms with Crippen LogP contribution in [0.3, 0.4) is 0 Å². The van der Waals surface area contributed by atoms with Crippen molar-refractivity contribution in [2.75, 3.05) is 20.8 Å². The second-order valence-electron chi connectivity index (χ2n) is 7.97. The molecule has 0 aliphatic rings. The number of hydrogen-bond donors (Lipinski definition) is 2. The van der Waals surface area contributed by atoms with Gasteiger partial charge in [0.05, 0.1) is 13.7 Å². The smallest absolute Gasteiger partial charge is 0.126 e. The third kappa shape index (κ3) is 5.32. The van der Waals surface area contributed by atoms with E-state index in [0.717, 1.165) is 34.5 Å². The summed E-state index contributed by atoms with van der Waals surface area (Å²) in [5.41, 5.74) is 3.82. The molecule has 0 saturated carbocycles. The van der Waals surface area contributed by atoms with Gasteiger partial charge in [-0.1, -0.05) is 58.0 Å². The number of rotatable bonds is 9. The van der Waals surface area contributed by atoms with Crippen molar-refractivity contribution in [3.8, 4) is 16.9 Å². The number of nitrogens with one attached hydrogen (secondary N) is 1. The minimum absolute atomic E-state index is 0.446. The van der Waals surface area contributed by atoms with Crippen LogP contribution in [-0.4, -0.2) is 32.1 Å². The molecule has 4 nitrogen and oxygen atoms in total. The molecule has 0 heterocycles. The van der Waals surface area contributed by atoms with Crippen molar-refractivity contribution in [1.29, 1.82) is 0 Å². The Morgan fingerprint density at radius 1 is 1.07 bits per heavy atom. The topological polar surface area (TPSA) is 50.7 Å². The van der Waals surface area contributed by atoms with E-state index in [-0.39, 0.29) is 0 Å². The summed E-state index contributed by atoms with van der Waals surface area (Å²) < 4.78 is 10.9. The molecule has 2 aromatic rings. The molecule has 0 fully saturated rings. The summed E-state index contributed by atoms with van der Waals surface area (Å²) in [4.78, 5) is 0. The highest BCUT2D eigenvalue weighted by Crippen LogP contribution is 2.36. The molecule has 148 valence electrons. The van der Waals surface area contributed by atoms with Crippen molar-refractivity contribution in [3.05, 3.63) is 53.6 Å². The fourth-order valence-corrected chi connectivity index (χ4v) is 3.09. The molecule has 2 rings (SSSR count). The lowest BCUT2D eigenvalue weighted by Gasteiger charge is -2.33. The first-order valence-corrected chi connectivity index (χ1v) is 9.47. The quantitative estimate of drug-likeness (QED) is 0.644. The van der Waals surface area contributed by atoms with E-state index in [0.29, 0.717) is 12.5 Å². The van der Waals surface area contributed by atoms with Crippen LogP contribution in [0.5, 0.6) is 5.75 Å². The van der Waals surface area contributed by atoms with Gasteiger partial charge in [-0.15, -0.1) is 0 Å². The number of benzene rings is 2. The third-order valence-electron chi connectivity index (χ3n) is 4.90. The second kappa shape index (κ2) is 9.36. The summed E-state index contributed by atoms with van der Waals surface area (Å²) in [6, 6.07) is 14.4. The highest BCUT2D eigenvalue weighted by molar-refractivity contribution is 5.71. The summed E-state index contributed by atoms with van der Waals surface area (Å²) in [6.07, 6.45) is -0.638. The number of aliphatic hydroxyl groups is 1. The van der Waals surface area contributed by atoms with E-state index in [1.807, 2.05) is 32.0 Å². The lowest BCUT2D eigenvalue weighted by Crippen LogP contribution is -2.46. The fraction of sp³-hybridized carbons (Fsp3) is 0.478. The molecular weight excluding hydrogens is 338 g/mol. The van der Waals surface area contributed by atoms with Crippen molar-refractivity contribution in [2.24, 2.45) is 5.92 Å². The largest absolute Gasteiger partial charge is 0.496 e. The third-order valence-corrected chi connectivity index (χ3v) is 4.90. The zero-order chi connectivity index (χ0) is 20.0. The summed E-state index contributed by atoms with van der Waals surface area (Å²) in [7, 11) is 3.38. The first-order valence-electron chi connectivity index (χ1n) is 9.47. The first kappa shape index (κ1) is 21.4. The van der Waals surface area contributed by atoms with E-state index in [9.17, 15) is 5.11 Å². The first-order chi connectivity index (χ1) is 12.8. The number of aliphatic hydroxyl groups excluding tert-OH is 1. The maximum Gasteiger partial charge on any atom is 0.126 e. The molecule has 0 radical (unpaired) electrons. The molecule has 0 aliphatic carbocycles. The lowest BCUT2D eigenvalue weighted by atomic mass is 9.81. The van der Waals surface area contributed by atoms with Crippen molar-refractivity contribution in [2.45, 2.75) is 45.9 Å². The monoisotopic (exact) mass is 371 g/mol. The molecule has 0 saturated heterocycles. The van der Waals surface area contributed by atoms with Gasteiger partial charge in [-0.05, 0) is 41.3 Å². The Labute approximate surface area is 163 Å². The van der Waals surface area contributed by atoms with Crippen molar-refractivity contribution in [3.63, 3.8) is 0 Å². The van der Waals surface area contributed by atoms with Crippen LogP contribution < -0.4 is 10.1 Å². The van der Waals surface area contributed by atoms with E-state index in [1.54, 1.807) is 14.2 Å². The molecular formula is C23H33NO3. The van der Waals surface area contributed by atoms with Crippen LogP contribution in [-0.2, 0) is 16.8 Å². The Bertz CT molecular complexity index is 740. The molecule has 0 amide bonds. The van der Waals surface area contributed by atoms with E-state index in [2.05, 4.69) is 43.4 Å². The Morgan fingerprint density at radius 3 is 2.44 bits per heavy atom. The van der Waals surface area contributed by atoms with Crippen LogP contribution in [0.1, 0.15) is 38.8 Å². The molecule has 0 spiro atoms. The Balaban J connectivity index is 2.34. The van der Waals surface area contributed by atoms with E-state index >= 15 is 0 Å². The SMILES string of the molecule is COCc1cccc(-c2ccc(C(C)(C)C(O)NCC(C)C)cc2OC)c1. The summed E-state index contributed by atoms with van der Waals surface area (Å²) in [6.45, 7) is 9.68. The van der Waals surface area contributed by atoms with Gasteiger partial charge in [-0.25, -0.2) is 0 Å². The van der Waals surface area contributed by atoms with Gasteiger partial charge in [0.1, 0.15) is 12.0 Å². The van der Waals surface area contributed by atoms with Crippen LogP contribution in [0, 0.1) is 5.92 Å². The molecule has 1 atom stereocenters. The lowest BCUT2D eigenvalue weighted by molar-refractivity contribution is 0.0643. The molecule has 27 heavy (non-hydrogen) atoms. The minimum atomic E-state index is -0.638. The average Bonchev–Trinajstić information content (AvgIpc) is 2.65. The molecule has 0 aliphatic heterocycles. The van der Waals surface area contributed by atoms with E-state index in [4.69, 9.17) is 9.47 Å². The number of ether oxygens (including phenoxy) is 2. The van der Waals surface area contributed by atoms with Crippen LogP contribution in [0.15, 0.2) is 42.5 Å². The maximum atomic E-state index is 10.7. The van der Waals surface area contributed by atoms with E-state index < -0.39 is 11.6 Å². The summed E-state index contributed by atoms with van der Waals surface area (Å²) >= 11 is 0. The van der Waals surface area contributed by atoms with Crippen LogP contribution >= 0.6 is 0 Å². The van der Waals surface area contributed by atoms with Gasteiger partial charge in [-0.2, -0.15) is 0 Å². The number of hydrogen-bond acceptors (Lipinski definition) is 4. The highest BCUT2D eigenvalue weighted by Gasteiger charge is 2.30. The van der Waals surface area contributed by atoms with Gasteiger partial charge in [0.2, 0.25) is 0 Å². The highest BCUT2D eigenvalue weighted by atomic mass is 16.5. The molecule has 4 heteroatoms. The van der Waals surface area contributed by atoms with Crippen molar-refractivity contribution < 1.29 is 14.6 Å². The number of methoxy groups -OCH3 is 2. The van der Waals surface area contributed by atoms with Crippen molar-refractivity contribution in [1.82, 2.24) is 5.32 Å².